The topological polar surface area (TPSA) is 303 Å². The summed E-state index contributed by atoms with van der Waals surface area (Å²) < 4.78 is 142. The van der Waals surface area contributed by atoms with E-state index < -0.39 is 184 Å². The van der Waals surface area contributed by atoms with Crippen molar-refractivity contribution in [3.05, 3.63) is 24.3 Å². The fourth-order valence-corrected chi connectivity index (χ4v) is 13.7. The predicted molar refractivity (Wildman–Crippen MR) is 322 cm³/mol. The van der Waals surface area contributed by atoms with Gasteiger partial charge in [0.25, 0.3) is 0 Å². The third kappa shape index (κ3) is 21.1. The third-order valence-electron chi connectivity index (χ3n) is 17.4. The summed E-state index contributed by atoms with van der Waals surface area (Å²) >= 11 is 0. The number of esters is 2. The number of likely N-dealkylation sites (N-methyl/N-ethyl adjacent to an activating group) is 1. The van der Waals surface area contributed by atoms with Crippen molar-refractivity contribution in [2.75, 3.05) is 48.1 Å². The Labute approximate surface area is 534 Å². The van der Waals surface area contributed by atoms with Crippen LogP contribution >= 0.6 is 0 Å². The number of halogens is 3. The molecule has 25 nitrogen and oxygen atoms in total. The van der Waals surface area contributed by atoms with E-state index in [1.807, 2.05) is 20.9 Å². The molecule has 91 heavy (non-hydrogen) atoms. The van der Waals surface area contributed by atoms with Gasteiger partial charge in [-0.2, -0.15) is 0 Å². The number of aliphatic hydroxyl groups is 2. The first kappa shape index (κ1) is 77.3. The van der Waals surface area contributed by atoms with E-state index in [1.54, 1.807) is 62.3 Å². The van der Waals surface area contributed by atoms with Gasteiger partial charge in [-0.05, 0) is 105 Å². The average molecular weight is 1330 g/mol. The monoisotopic (exact) mass is 1330 g/mol. The van der Waals surface area contributed by atoms with E-state index in [0.29, 0.717) is 13.0 Å². The van der Waals surface area contributed by atoms with Gasteiger partial charge in [-0.15, -0.1) is 13.2 Å². The standard InChI is InChI=1S/C62H101F3N4O21S/c1-31(2)24-45(70)85-51-38(9)50(33(4)29-81-58-54(79-18)53(78-17)47(71)41(12)84-58)87-56(74)40(11)52(86-46-25-34(5)69(16)28-36(7)82-46)37(8)49(88-57-48(72)44(68-80-19)26-35(6)83-57)32(3)27-61(15,55(73)39(51)10)90-59(75)67-60(13,14)30-66-91(76,77)43-22-20-42(21-23-43)89-62(63,64)65/h20-23,31-41,46-54,57-58,66,71-72H,24-30H2,1-19H3,(H,67,75)/b68-44+/t32-,33?,34?,35+,36-,37+,38-,39+,40+,41+,46-,47+,48+,49-,50+,51+,52-,53+,54+,57-,58+,61-/m0/s1. The van der Waals surface area contributed by atoms with Crippen LogP contribution in [0.5, 0.6) is 5.75 Å². The summed E-state index contributed by atoms with van der Waals surface area (Å²) in [7, 11) is 1.69. The van der Waals surface area contributed by atoms with Gasteiger partial charge in [-0.3, -0.25) is 14.4 Å². The van der Waals surface area contributed by atoms with Crippen LogP contribution in [0.15, 0.2) is 34.3 Å². The van der Waals surface area contributed by atoms with Crippen LogP contribution in [0.1, 0.15) is 130 Å². The number of rotatable bonds is 21. The van der Waals surface area contributed by atoms with Gasteiger partial charge in [0, 0.05) is 70.4 Å². The second kappa shape index (κ2) is 32.9. The van der Waals surface area contributed by atoms with Crippen LogP contribution in [0.25, 0.3) is 0 Å². The van der Waals surface area contributed by atoms with E-state index >= 15 is 9.59 Å². The quantitative estimate of drug-likeness (QED) is 0.0568. The highest BCUT2D eigenvalue weighted by atomic mass is 32.2. The van der Waals surface area contributed by atoms with Gasteiger partial charge in [-0.25, -0.2) is 17.9 Å². The molecular formula is C62H101F3N4O21S. The number of methoxy groups -OCH3 is 2. The number of ether oxygens (including phenoxy) is 12. The molecule has 4 heterocycles. The van der Waals surface area contributed by atoms with Crippen molar-refractivity contribution in [3.8, 4) is 5.75 Å². The van der Waals surface area contributed by atoms with Crippen LogP contribution in [0.4, 0.5) is 18.0 Å². The summed E-state index contributed by atoms with van der Waals surface area (Å²) in [5.74, 6) is -9.34. The SMILES string of the molecule is CO/N=C1\C[C@@H](C)O[C@@H](O[C@@H]2[C@@H](C)[C@H](O[C@H]3CC(C)N(C)C[C@H](C)O3)[C@@H](C)C(=O)O[C@H](C(C)CO[C@@H]3O[C@H](C)[C@@H](O)[C@@H](OC)[C@H]3OC)[C@H](C)[C@@H](OC(=O)CC(C)C)[C@@H](C)C(=O)[C@@](C)(OC(=O)NC(C)(C)CNS(=O)(=O)c3ccc(OC(F)(F)F)cc3)C[C@@H]2C)[C@@H]1O. The van der Waals surface area contributed by atoms with E-state index in [4.69, 9.17) is 56.9 Å². The van der Waals surface area contributed by atoms with Crippen molar-refractivity contribution in [1.82, 2.24) is 14.9 Å². The summed E-state index contributed by atoms with van der Waals surface area (Å²) in [5.41, 5.74) is -3.52. The lowest BCUT2D eigenvalue weighted by Gasteiger charge is -2.45. The highest BCUT2D eigenvalue weighted by molar-refractivity contribution is 7.89. The van der Waals surface area contributed by atoms with E-state index in [2.05, 4.69) is 24.8 Å². The van der Waals surface area contributed by atoms with Gasteiger partial charge in [0.2, 0.25) is 10.0 Å². The number of ketones is 1. The largest absolute Gasteiger partial charge is 0.573 e. The molecule has 2 unspecified atom stereocenters. The molecule has 0 radical (unpaired) electrons. The number of alkyl carbamates (subject to hydrolysis) is 1. The zero-order chi connectivity index (χ0) is 68.4. The molecule has 4 fully saturated rings. The third-order valence-corrected chi connectivity index (χ3v) is 18.9. The number of hydrogen-bond donors (Lipinski definition) is 4. The van der Waals surface area contributed by atoms with E-state index in [1.165, 1.54) is 49.0 Å². The Balaban J connectivity index is 1.68. The van der Waals surface area contributed by atoms with Gasteiger partial charge in [0.1, 0.15) is 49.5 Å². The molecule has 1 aromatic carbocycles. The first-order valence-electron chi connectivity index (χ1n) is 31.2. The molecule has 1 amide bonds. The van der Waals surface area contributed by atoms with Gasteiger partial charge in [0.05, 0.1) is 65.1 Å². The molecule has 4 aliphatic rings. The van der Waals surface area contributed by atoms with Gasteiger partial charge in [0.15, 0.2) is 30.3 Å². The molecule has 5 rings (SSSR count). The molecule has 4 aliphatic heterocycles. The van der Waals surface area contributed by atoms with Crippen LogP contribution in [-0.2, 0) is 81.3 Å². The minimum atomic E-state index is -5.02. The molecule has 1 aromatic rings. The molecule has 29 heteroatoms. The molecule has 0 spiro atoms. The number of Topliss-reactive ketones (excluding diaryl/α,β-unsaturated/α-hetero) is 1. The Hall–Kier alpha value is -4.37. The van der Waals surface area contributed by atoms with Crippen molar-refractivity contribution in [2.24, 2.45) is 46.6 Å². The van der Waals surface area contributed by atoms with E-state index in [-0.39, 0.29) is 49.6 Å². The second-order valence-corrected chi connectivity index (χ2v) is 28.3. The number of nitrogens with zero attached hydrogens (tertiary/aromatic N) is 2. The van der Waals surface area contributed by atoms with Crippen molar-refractivity contribution < 1.29 is 113 Å². The summed E-state index contributed by atoms with van der Waals surface area (Å²) in [6, 6.07) is 3.42. The molecule has 22 atom stereocenters. The predicted octanol–water partition coefficient (Wildman–Crippen LogP) is 6.66. The maximum absolute atomic E-state index is 16.1. The van der Waals surface area contributed by atoms with Crippen molar-refractivity contribution >= 4 is 39.6 Å². The van der Waals surface area contributed by atoms with Gasteiger partial charge >= 0.3 is 24.4 Å². The minimum Gasteiger partial charge on any atom is -0.461 e. The van der Waals surface area contributed by atoms with Crippen molar-refractivity contribution in [3.63, 3.8) is 0 Å². The second-order valence-electron chi connectivity index (χ2n) is 26.5. The maximum Gasteiger partial charge on any atom is 0.573 e. The average Bonchev–Trinajstić information content (AvgIpc) is 1.05. The molecular weight excluding hydrogens is 1230 g/mol. The van der Waals surface area contributed by atoms with E-state index in [0.717, 1.165) is 24.3 Å². The van der Waals surface area contributed by atoms with Crippen molar-refractivity contribution in [1.29, 1.82) is 0 Å². The Morgan fingerprint density at radius 2 is 1.47 bits per heavy atom. The summed E-state index contributed by atoms with van der Waals surface area (Å²) in [5, 5.41) is 29.6. The molecule has 0 aliphatic carbocycles. The van der Waals surface area contributed by atoms with Crippen LogP contribution in [0.3, 0.4) is 0 Å². The Morgan fingerprint density at radius 1 is 0.835 bits per heavy atom. The number of sulfonamides is 1. The lowest BCUT2D eigenvalue weighted by atomic mass is 9.74. The van der Waals surface area contributed by atoms with Crippen LogP contribution < -0.4 is 14.8 Å². The highest BCUT2D eigenvalue weighted by Gasteiger charge is 2.53. The first-order valence-corrected chi connectivity index (χ1v) is 32.7. The molecule has 0 aromatic heterocycles. The van der Waals surface area contributed by atoms with Crippen LogP contribution in [0, 0.1) is 41.4 Å². The Bertz CT molecular complexity index is 2680. The molecule has 4 saturated heterocycles. The highest BCUT2D eigenvalue weighted by Crippen LogP contribution is 2.41. The number of benzene rings is 1. The van der Waals surface area contributed by atoms with Crippen molar-refractivity contribution in [2.45, 2.75) is 244 Å². The normalized spacial score (nSPS) is 36.4. The molecule has 0 saturated carbocycles. The van der Waals surface area contributed by atoms with Crippen LogP contribution in [0.2, 0.25) is 0 Å². The summed E-state index contributed by atoms with van der Waals surface area (Å²) in [4.78, 5) is 67.2. The van der Waals surface area contributed by atoms with Crippen LogP contribution in [-0.4, -0.2) is 211 Å². The number of alkyl halides is 3. The molecule has 0 bridgehead atoms. The number of amides is 1. The summed E-state index contributed by atoms with van der Waals surface area (Å²) in [6.45, 7) is 25.1. The maximum atomic E-state index is 16.1. The minimum absolute atomic E-state index is 0.0647. The number of aliphatic hydroxyl groups excluding tert-OH is 2. The number of carbonyl (C=O) groups excluding carboxylic acids is 4. The van der Waals surface area contributed by atoms with Gasteiger partial charge < -0.3 is 82.1 Å². The van der Waals surface area contributed by atoms with E-state index in [9.17, 15) is 41.4 Å². The lowest BCUT2D eigenvalue weighted by molar-refractivity contribution is -0.305. The smallest absolute Gasteiger partial charge is 0.461 e. The molecule has 522 valence electrons. The zero-order valence-electron chi connectivity index (χ0n) is 56.0. The van der Waals surface area contributed by atoms with Gasteiger partial charge in [-0.1, -0.05) is 53.6 Å². The number of cyclic esters (lactones) is 1. The Kier molecular flexibility index (Phi) is 27.9. The number of carbonyl (C=O) groups is 4. The zero-order valence-corrected chi connectivity index (χ0v) is 56.9. The summed E-state index contributed by atoms with van der Waals surface area (Å²) in [6.07, 6.45) is -20.7. The fraction of sp³-hybridized carbons (Fsp3) is 0.823. The number of hydrogen-bond acceptors (Lipinski definition) is 23. The Morgan fingerprint density at radius 3 is 2.07 bits per heavy atom. The number of nitrogens with one attached hydrogen (secondary N) is 2. The molecule has 4 N–H and O–H groups in total. The first-order chi connectivity index (χ1) is 42.2. The lowest BCUT2D eigenvalue weighted by Crippen LogP contribution is -2.59. The number of oxime groups is 1. The fourth-order valence-electron chi connectivity index (χ4n) is 12.5.